The Kier molecular flexibility index (Phi) is 5.38. The zero-order valence-corrected chi connectivity index (χ0v) is 16.7. The maximum absolute atomic E-state index is 15.0. The van der Waals surface area contributed by atoms with Crippen molar-refractivity contribution in [2.75, 3.05) is 6.26 Å². The largest absolute Gasteiger partial charge is 0.496 e. The van der Waals surface area contributed by atoms with Crippen molar-refractivity contribution in [1.82, 2.24) is 0 Å². The molecule has 0 spiro atoms. The van der Waals surface area contributed by atoms with Gasteiger partial charge in [0.15, 0.2) is 11.6 Å². The van der Waals surface area contributed by atoms with Gasteiger partial charge < -0.3 is 14.0 Å². The molecule has 0 atom stereocenters. The Morgan fingerprint density at radius 1 is 1.00 bits per heavy atom. The molecule has 26 heavy (non-hydrogen) atoms. The van der Waals surface area contributed by atoms with Gasteiger partial charge in [0, 0.05) is 4.90 Å². The summed E-state index contributed by atoms with van der Waals surface area (Å²) in [5.74, 6) is -0.140. The average molecular weight is 374 g/mol. The number of hydrogen-bond acceptors (Lipinski definition) is 4. The minimum Gasteiger partial charge on any atom is -0.486 e. The molecule has 0 amide bonds. The Balaban J connectivity index is 1.84. The number of benzene rings is 2. The van der Waals surface area contributed by atoms with E-state index in [1.165, 1.54) is 11.8 Å². The minimum absolute atomic E-state index is 0.235. The summed E-state index contributed by atoms with van der Waals surface area (Å²) in [7, 11) is -0.597. The number of halogens is 1. The molecule has 1 aliphatic rings. The first kappa shape index (κ1) is 19.3. The van der Waals surface area contributed by atoms with Crippen LogP contribution in [-0.4, -0.2) is 24.6 Å². The average Bonchev–Trinajstić information content (AvgIpc) is 2.82. The van der Waals surface area contributed by atoms with Gasteiger partial charge in [0.2, 0.25) is 0 Å². The van der Waals surface area contributed by atoms with Gasteiger partial charge in [-0.25, -0.2) is 4.39 Å². The molecule has 2 aromatic carbocycles. The molecule has 0 radical (unpaired) electrons. The summed E-state index contributed by atoms with van der Waals surface area (Å²) in [4.78, 5) is 0.495. The summed E-state index contributed by atoms with van der Waals surface area (Å²) in [6.45, 7) is 8.26. The van der Waals surface area contributed by atoms with Crippen molar-refractivity contribution in [3.63, 3.8) is 0 Å². The lowest BCUT2D eigenvalue weighted by atomic mass is 9.79. The van der Waals surface area contributed by atoms with E-state index in [4.69, 9.17) is 14.0 Å². The molecule has 3 nitrogen and oxygen atoms in total. The van der Waals surface area contributed by atoms with E-state index in [1.54, 1.807) is 6.07 Å². The highest BCUT2D eigenvalue weighted by molar-refractivity contribution is 7.98. The molecular formula is C20H24BFO3S. The van der Waals surface area contributed by atoms with Crippen molar-refractivity contribution in [2.24, 2.45) is 0 Å². The molecule has 138 valence electrons. The van der Waals surface area contributed by atoms with E-state index >= 15 is 4.39 Å². The highest BCUT2D eigenvalue weighted by Crippen LogP contribution is 2.38. The first-order valence-electron chi connectivity index (χ1n) is 8.64. The van der Waals surface area contributed by atoms with Gasteiger partial charge in [0.05, 0.1) is 11.2 Å². The van der Waals surface area contributed by atoms with E-state index in [2.05, 4.69) is 0 Å². The smallest absolute Gasteiger partial charge is 0.486 e. The third-order valence-corrected chi connectivity index (χ3v) is 5.86. The van der Waals surface area contributed by atoms with Crippen molar-refractivity contribution < 1.29 is 18.4 Å². The molecule has 1 heterocycles. The van der Waals surface area contributed by atoms with E-state index in [1.807, 2.05) is 70.3 Å². The number of ether oxygens (including phenoxy) is 1. The summed E-state index contributed by atoms with van der Waals surface area (Å²) in [5, 5.41) is 0. The highest BCUT2D eigenvalue weighted by atomic mass is 32.2. The van der Waals surface area contributed by atoms with E-state index in [0.29, 0.717) is 17.0 Å². The van der Waals surface area contributed by atoms with Crippen molar-refractivity contribution in [3.05, 3.63) is 53.8 Å². The van der Waals surface area contributed by atoms with Crippen LogP contribution in [-0.2, 0) is 15.9 Å². The molecule has 6 heteroatoms. The molecule has 1 aliphatic heterocycles. The summed E-state index contributed by atoms with van der Waals surface area (Å²) in [6.07, 6.45) is 1.84. The molecule has 0 unspecified atom stereocenters. The molecule has 0 N–H and O–H groups in total. The second-order valence-electron chi connectivity index (χ2n) is 7.36. The Bertz CT molecular complexity index is 764. The number of thioether (sulfide) groups is 1. The third-order valence-electron chi connectivity index (χ3n) is 5.04. The van der Waals surface area contributed by atoms with Gasteiger partial charge in [-0.15, -0.1) is 11.8 Å². The summed E-state index contributed by atoms with van der Waals surface area (Å²) in [6, 6.07) is 13.2. The van der Waals surface area contributed by atoms with Crippen LogP contribution in [0.1, 0.15) is 33.3 Å². The summed E-state index contributed by atoms with van der Waals surface area (Å²) >= 11 is 1.33. The topological polar surface area (TPSA) is 27.7 Å². The van der Waals surface area contributed by atoms with Crippen LogP contribution in [0.3, 0.4) is 0 Å². The molecule has 2 aromatic rings. The first-order chi connectivity index (χ1) is 12.2. The molecular weight excluding hydrogens is 350 g/mol. The molecule has 0 aliphatic carbocycles. The van der Waals surface area contributed by atoms with E-state index in [0.717, 1.165) is 5.56 Å². The zero-order valence-electron chi connectivity index (χ0n) is 15.8. The van der Waals surface area contributed by atoms with Crippen LogP contribution in [0, 0.1) is 5.82 Å². The second kappa shape index (κ2) is 7.26. The van der Waals surface area contributed by atoms with E-state index < -0.39 is 18.3 Å². The fraction of sp³-hybridized carbons (Fsp3) is 0.400. The van der Waals surface area contributed by atoms with Gasteiger partial charge in [0.25, 0.3) is 0 Å². The van der Waals surface area contributed by atoms with Crippen LogP contribution in [0.15, 0.2) is 47.4 Å². The van der Waals surface area contributed by atoms with Crippen LogP contribution >= 0.6 is 11.8 Å². The Labute approximate surface area is 159 Å². The van der Waals surface area contributed by atoms with Gasteiger partial charge in [-0.05, 0) is 51.0 Å². The second-order valence-corrected chi connectivity index (χ2v) is 8.18. The molecule has 1 saturated heterocycles. The molecule has 0 saturated carbocycles. The van der Waals surface area contributed by atoms with Crippen LogP contribution in [0.25, 0.3) is 0 Å². The fourth-order valence-electron chi connectivity index (χ4n) is 2.76. The molecule has 0 bridgehead atoms. The normalized spacial score (nSPS) is 18.2. The summed E-state index contributed by atoms with van der Waals surface area (Å²) < 4.78 is 32.9. The first-order valence-corrected chi connectivity index (χ1v) is 9.86. The lowest BCUT2D eigenvalue weighted by Crippen LogP contribution is -2.41. The Morgan fingerprint density at radius 3 is 2.19 bits per heavy atom. The maximum Gasteiger partial charge on any atom is 0.496 e. The van der Waals surface area contributed by atoms with Gasteiger partial charge in [-0.3, -0.25) is 0 Å². The Morgan fingerprint density at radius 2 is 1.62 bits per heavy atom. The number of rotatable bonds is 5. The van der Waals surface area contributed by atoms with Crippen molar-refractivity contribution in [2.45, 2.75) is 50.4 Å². The molecule has 0 aromatic heterocycles. The standard InChI is InChI=1S/C20H24BFO3S/c1-19(2)20(3,4)25-21(24-19)15-11-12-16(17(22)18(15)26-5)23-13-14-9-7-6-8-10-14/h6-12H,13H2,1-5H3. The van der Waals surface area contributed by atoms with Crippen LogP contribution < -0.4 is 10.2 Å². The zero-order chi connectivity index (χ0) is 18.9. The third kappa shape index (κ3) is 3.64. The predicted molar refractivity (Wildman–Crippen MR) is 105 cm³/mol. The fourth-order valence-corrected chi connectivity index (χ4v) is 3.44. The maximum atomic E-state index is 15.0. The SMILES string of the molecule is CSc1c(B2OC(C)(C)C(C)(C)O2)ccc(OCc2ccccc2)c1F. The van der Waals surface area contributed by atoms with Crippen molar-refractivity contribution in [1.29, 1.82) is 0 Å². The van der Waals surface area contributed by atoms with Crippen LogP contribution in [0.4, 0.5) is 4.39 Å². The lowest BCUT2D eigenvalue weighted by Gasteiger charge is -2.32. The Hall–Kier alpha value is -1.50. The predicted octanol–water partition coefficient (Wildman–Crippen LogP) is 4.43. The van der Waals surface area contributed by atoms with Gasteiger partial charge in [0.1, 0.15) is 6.61 Å². The molecule has 1 fully saturated rings. The van der Waals surface area contributed by atoms with E-state index in [-0.39, 0.29) is 11.6 Å². The summed E-state index contributed by atoms with van der Waals surface area (Å²) in [5.41, 5.74) is 0.756. The van der Waals surface area contributed by atoms with Gasteiger partial charge >= 0.3 is 7.12 Å². The van der Waals surface area contributed by atoms with Crippen molar-refractivity contribution in [3.8, 4) is 5.75 Å². The van der Waals surface area contributed by atoms with Gasteiger partial charge in [-0.2, -0.15) is 0 Å². The number of hydrogen-bond donors (Lipinski definition) is 0. The quantitative estimate of drug-likeness (QED) is 0.572. The van der Waals surface area contributed by atoms with Gasteiger partial charge in [-0.1, -0.05) is 36.4 Å². The minimum atomic E-state index is -0.597. The monoisotopic (exact) mass is 374 g/mol. The molecule has 3 rings (SSSR count). The van der Waals surface area contributed by atoms with Crippen molar-refractivity contribution >= 4 is 24.3 Å². The van der Waals surface area contributed by atoms with E-state index in [9.17, 15) is 0 Å². The van der Waals surface area contributed by atoms with Crippen LogP contribution in [0.2, 0.25) is 0 Å². The van der Waals surface area contributed by atoms with Crippen LogP contribution in [0.5, 0.6) is 5.75 Å². The lowest BCUT2D eigenvalue weighted by molar-refractivity contribution is 0.00578. The highest BCUT2D eigenvalue weighted by Gasteiger charge is 2.52.